The molecule has 0 fully saturated rings. The molecule has 1 heterocycles. The number of aromatic nitrogens is 2. The summed E-state index contributed by atoms with van der Waals surface area (Å²) in [4.78, 5) is 4.24. The van der Waals surface area contributed by atoms with Crippen LogP contribution in [0.3, 0.4) is 0 Å². The van der Waals surface area contributed by atoms with Crippen molar-refractivity contribution in [3.05, 3.63) is 53.9 Å². The molecule has 2 N–H and O–H groups in total. The lowest BCUT2D eigenvalue weighted by molar-refractivity contribution is 0.0646. The van der Waals surface area contributed by atoms with Gasteiger partial charge in [-0.2, -0.15) is 5.10 Å². The number of aliphatic imine (C=N–C) groups is 1. The van der Waals surface area contributed by atoms with Crippen LogP contribution in [0.4, 0.5) is 0 Å². The van der Waals surface area contributed by atoms with Crippen molar-refractivity contribution in [2.24, 2.45) is 12.0 Å². The summed E-state index contributed by atoms with van der Waals surface area (Å²) in [7, 11) is 3.71. The topological polar surface area (TPSA) is 63.5 Å². The normalized spacial score (nSPS) is 12.8. The van der Waals surface area contributed by atoms with E-state index in [1.165, 1.54) is 11.1 Å². The average Bonchev–Trinajstić information content (AvgIpc) is 3.05. The van der Waals surface area contributed by atoms with Crippen LogP contribution in [-0.4, -0.2) is 42.5 Å². The van der Waals surface area contributed by atoms with Crippen LogP contribution in [0.15, 0.2) is 47.7 Å². The van der Waals surface area contributed by atoms with Crippen LogP contribution in [0.1, 0.15) is 30.6 Å². The molecule has 6 nitrogen and oxygen atoms in total. The molecular weight excluding hydrogens is 314 g/mol. The van der Waals surface area contributed by atoms with Gasteiger partial charge in [0.1, 0.15) is 0 Å². The molecule has 0 amide bonds. The van der Waals surface area contributed by atoms with Crippen LogP contribution < -0.4 is 10.6 Å². The zero-order valence-electron chi connectivity index (χ0n) is 15.4. The van der Waals surface area contributed by atoms with Gasteiger partial charge in [0, 0.05) is 40.0 Å². The first-order chi connectivity index (χ1) is 12.2. The van der Waals surface area contributed by atoms with Crippen LogP contribution in [0, 0.1) is 0 Å². The van der Waals surface area contributed by atoms with E-state index in [9.17, 15) is 0 Å². The maximum Gasteiger partial charge on any atom is 0.190 e. The third kappa shape index (κ3) is 6.97. The fraction of sp³-hybridized carbons (Fsp3) is 0.474. The lowest BCUT2D eigenvalue weighted by atomic mass is 10.1. The van der Waals surface area contributed by atoms with Crippen LogP contribution >= 0.6 is 0 Å². The molecule has 0 radical (unpaired) electrons. The van der Waals surface area contributed by atoms with E-state index in [1.807, 2.05) is 42.3 Å². The van der Waals surface area contributed by atoms with E-state index in [-0.39, 0.29) is 6.10 Å². The van der Waals surface area contributed by atoms with Crippen molar-refractivity contribution in [1.82, 2.24) is 20.4 Å². The Morgan fingerprint density at radius 1 is 1.24 bits per heavy atom. The van der Waals surface area contributed by atoms with Crippen molar-refractivity contribution in [2.45, 2.75) is 25.9 Å². The average molecular weight is 343 g/mol. The highest BCUT2D eigenvalue weighted by Crippen LogP contribution is 2.15. The quantitative estimate of drug-likeness (QED) is 0.417. The molecule has 1 atom stereocenters. The largest absolute Gasteiger partial charge is 0.374 e. The minimum atomic E-state index is 0.123. The smallest absolute Gasteiger partial charge is 0.190 e. The second-order valence-corrected chi connectivity index (χ2v) is 5.98. The van der Waals surface area contributed by atoms with E-state index in [2.05, 4.69) is 39.8 Å². The number of rotatable bonds is 9. The van der Waals surface area contributed by atoms with E-state index in [1.54, 1.807) is 7.05 Å². The molecule has 25 heavy (non-hydrogen) atoms. The number of benzene rings is 1. The predicted octanol–water partition coefficient (Wildman–Crippen LogP) is 2.30. The third-order valence-corrected chi connectivity index (χ3v) is 3.94. The first kappa shape index (κ1) is 19.0. The fourth-order valence-electron chi connectivity index (χ4n) is 2.51. The van der Waals surface area contributed by atoms with Gasteiger partial charge in [0.2, 0.25) is 0 Å². The second-order valence-electron chi connectivity index (χ2n) is 5.98. The SMILES string of the molecule is CN=C(NCCCOC(C)c1ccccc1)NCCc1cnn(C)c1. The van der Waals surface area contributed by atoms with Gasteiger partial charge in [0.15, 0.2) is 5.96 Å². The molecule has 2 aromatic rings. The Morgan fingerprint density at radius 2 is 2.00 bits per heavy atom. The summed E-state index contributed by atoms with van der Waals surface area (Å²) in [6.45, 7) is 4.46. The van der Waals surface area contributed by atoms with Crippen LogP contribution in [0.2, 0.25) is 0 Å². The van der Waals surface area contributed by atoms with Gasteiger partial charge in [-0.3, -0.25) is 9.67 Å². The summed E-state index contributed by atoms with van der Waals surface area (Å²) in [5.74, 6) is 0.819. The van der Waals surface area contributed by atoms with Gasteiger partial charge in [0.25, 0.3) is 0 Å². The first-order valence-electron chi connectivity index (χ1n) is 8.77. The van der Waals surface area contributed by atoms with Crippen molar-refractivity contribution in [1.29, 1.82) is 0 Å². The highest BCUT2D eigenvalue weighted by Gasteiger charge is 2.04. The van der Waals surface area contributed by atoms with Gasteiger partial charge in [-0.15, -0.1) is 0 Å². The van der Waals surface area contributed by atoms with Crippen molar-refractivity contribution in [3.8, 4) is 0 Å². The molecule has 0 bridgehead atoms. The van der Waals surface area contributed by atoms with Gasteiger partial charge in [-0.25, -0.2) is 0 Å². The third-order valence-electron chi connectivity index (χ3n) is 3.94. The zero-order valence-corrected chi connectivity index (χ0v) is 15.4. The molecule has 6 heteroatoms. The molecule has 2 rings (SSSR count). The molecule has 1 aromatic heterocycles. The number of hydrogen-bond donors (Lipinski definition) is 2. The van der Waals surface area contributed by atoms with Gasteiger partial charge < -0.3 is 15.4 Å². The molecular formula is C19H29N5O. The molecule has 0 spiro atoms. The van der Waals surface area contributed by atoms with Gasteiger partial charge >= 0.3 is 0 Å². The zero-order chi connectivity index (χ0) is 17.9. The maximum absolute atomic E-state index is 5.88. The van der Waals surface area contributed by atoms with E-state index in [4.69, 9.17) is 4.74 Å². The highest BCUT2D eigenvalue weighted by atomic mass is 16.5. The number of nitrogens with zero attached hydrogens (tertiary/aromatic N) is 3. The summed E-state index contributed by atoms with van der Waals surface area (Å²) < 4.78 is 7.69. The summed E-state index contributed by atoms with van der Waals surface area (Å²) in [6.07, 6.45) is 5.90. The minimum Gasteiger partial charge on any atom is -0.374 e. The predicted molar refractivity (Wildman–Crippen MR) is 102 cm³/mol. The van der Waals surface area contributed by atoms with Crippen LogP contribution in [0.5, 0.6) is 0 Å². The Bertz CT molecular complexity index is 638. The molecule has 0 aliphatic carbocycles. The highest BCUT2D eigenvalue weighted by molar-refractivity contribution is 5.79. The molecule has 1 aromatic carbocycles. The van der Waals surface area contributed by atoms with Gasteiger partial charge in [0.05, 0.1) is 12.3 Å². The molecule has 1 unspecified atom stereocenters. The van der Waals surface area contributed by atoms with Crippen molar-refractivity contribution < 1.29 is 4.74 Å². The maximum atomic E-state index is 5.88. The molecule has 136 valence electrons. The number of ether oxygens (including phenoxy) is 1. The Morgan fingerprint density at radius 3 is 2.68 bits per heavy atom. The number of aryl methyl sites for hydroxylation is 1. The Kier molecular flexibility index (Phi) is 7.98. The molecule has 0 saturated heterocycles. The summed E-state index contributed by atoms with van der Waals surface area (Å²) in [5, 5.41) is 10.8. The minimum absolute atomic E-state index is 0.123. The molecule has 0 aliphatic rings. The molecule has 0 aliphatic heterocycles. The fourth-order valence-corrected chi connectivity index (χ4v) is 2.51. The van der Waals surface area contributed by atoms with Crippen molar-refractivity contribution in [3.63, 3.8) is 0 Å². The number of guanidine groups is 1. The first-order valence-corrected chi connectivity index (χ1v) is 8.77. The number of nitrogens with one attached hydrogen (secondary N) is 2. The monoisotopic (exact) mass is 343 g/mol. The van der Waals surface area contributed by atoms with Crippen molar-refractivity contribution in [2.75, 3.05) is 26.7 Å². The standard InChI is InChI=1S/C19H29N5O/c1-16(18-8-5-4-6-9-18)25-13-7-11-21-19(20-2)22-12-10-17-14-23-24(3)15-17/h4-6,8-9,14-16H,7,10-13H2,1-3H3,(H2,20,21,22). The van der Waals surface area contributed by atoms with E-state index >= 15 is 0 Å². The number of hydrogen-bond acceptors (Lipinski definition) is 3. The van der Waals surface area contributed by atoms with E-state index < -0.39 is 0 Å². The lowest BCUT2D eigenvalue weighted by Crippen LogP contribution is -2.39. The van der Waals surface area contributed by atoms with Crippen LogP contribution in [-0.2, 0) is 18.2 Å². The Balaban J connectivity index is 1.56. The molecule has 0 saturated carbocycles. The van der Waals surface area contributed by atoms with Crippen LogP contribution in [0.25, 0.3) is 0 Å². The van der Waals surface area contributed by atoms with Gasteiger partial charge in [-0.1, -0.05) is 30.3 Å². The Hall–Kier alpha value is -2.34. The van der Waals surface area contributed by atoms with E-state index in [0.29, 0.717) is 0 Å². The van der Waals surface area contributed by atoms with Crippen molar-refractivity contribution >= 4 is 5.96 Å². The summed E-state index contributed by atoms with van der Waals surface area (Å²) >= 11 is 0. The summed E-state index contributed by atoms with van der Waals surface area (Å²) in [5.41, 5.74) is 2.43. The summed E-state index contributed by atoms with van der Waals surface area (Å²) in [6, 6.07) is 10.3. The van der Waals surface area contributed by atoms with Gasteiger partial charge in [-0.05, 0) is 30.9 Å². The van der Waals surface area contributed by atoms with E-state index in [0.717, 1.165) is 38.5 Å². The lowest BCUT2D eigenvalue weighted by Gasteiger charge is -2.14. The second kappa shape index (κ2) is 10.5. The Labute approximate surface area is 150 Å².